The first-order valence-corrected chi connectivity index (χ1v) is 9.48. The van der Waals surface area contributed by atoms with Crippen molar-refractivity contribution in [2.45, 2.75) is 32.2 Å². The summed E-state index contributed by atoms with van der Waals surface area (Å²) in [6, 6.07) is 7.43. The summed E-state index contributed by atoms with van der Waals surface area (Å²) >= 11 is 0. The maximum absolute atomic E-state index is 12.5. The van der Waals surface area contributed by atoms with Gasteiger partial charge in [0.25, 0.3) is 0 Å². The molecule has 8 heteroatoms. The van der Waals surface area contributed by atoms with Crippen LogP contribution in [-0.2, 0) is 11.3 Å². The third-order valence-corrected chi connectivity index (χ3v) is 5.32. The van der Waals surface area contributed by atoms with Crippen LogP contribution in [0.3, 0.4) is 0 Å². The van der Waals surface area contributed by atoms with Crippen molar-refractivity contribution < 1.29 is 9.59 Å². The van der Waals surface area contributed by atoms with Crippen molar-refractivity contribution in [3.63, 3.8) is 0 Å². The van der Waals surface area contributed by atoms with Crippen LogP contribution in [0.5, 0.6) is 0 Å². The van der Waals surface area contributed by atoms with E-state index in [9.17, 15) is 9.59 Å². The van der Waals surface area contributed by atoms with E-state index in [-0.39, 0.29) is 11.9 Å². The second kappa shape index (κ2) is 7.77. The number of urea groups is 1. The summed E-state index contributed by atoms with van der Waals surface area (Å²) < 4.78 is 1.85. The Morgan fingerprint density at radius 3 is 2.56 bits per heavy atom. The second-order valence-corrected chi connectivity index (χ2v) is 7.17. The molecule has 4 rings (SSSR count). The van der Waals surface area contributed by atoms with Gasteiger partial charge in [-0.25, -0.2) is 9.78 Å². The standard InChI is InChI=1S/C19H24N6O2/c26-18-2-1-9-25(18)17-5-3-16(4-6-17)22-19(27)23-10-7-15(8-11-23)12-24-14-20-13-21-24/h3-6,13-15H,1-2,7-12H2,(H,22,27). The van der Waals surface area contributed by atoms with Crippen molar-refractivity contribution in [3.05, 3.63) is 36.9 Å². The van der Waals surface area contributed by atoms with Crippen LogP contribution in [0, 0.1) is 5.92 Å². The summed E-state index contributed by atoms with van der Waals surface area (Å²) in [7, 11) is 0. The number of hydrogen-bond acceptors (Lipinski definition) is 4. The summed E-state index contributed by atoms with van der Waals surface area (Å²) in [6.07, 6.45) is 6.73. The topological polar surface area (TPSA) is 83.4 Å². The van der Waals surface area contributed by atoms with Gasteiger partial charge in [-0.05, 0) is 49.4 Å². The Morgan fingerprint density at radius 1 is 1.15 bits per heavy atom. The van der Waals surface area contributed by atoms with Crippen molar-refractivity contribution in [1.82, 2.24) is 19.7 Å². The average molecular weight is 368 g/mol. The van der Waals surface area contributed by atoms with Gasteiger partial charge in [0, 0.05) is 44.0 Å². The van der Waals surface area contributed by atoms with Crippen molar-refractivity contribution in [2.75, 3.05) is 29.9 Å². The lowest BCUT2D eigenvalue weighted by Gasteiger charge is -2.31. The smallest absolute Gasteiger partial charge is 0.321 e. The average Bonchev–Trinajstić information content (AvgIpc) is 3.35. The molecule has 2 aliphatic heterocycles. The summed E-state index contributed by atoms with van der Waals surface area (Å²) in [4.78, 5) is 31.9. The molecule has 0 saturated carbocycles. The molecule has 3 heterocycles. The molecular weight excluding hydrogens is 344 g/mol. The minimum atomic E-state index is -0.0702. The van der Waals surface area contributed by atoms with Gasteiger partial charge in [-0.3, -0.25) is 9.48 Å². The number of nitrogens with zero attached hydrogens (tertiary/aromatic N) is 5. The molecule has 2 fully saturated rings. The molecule has 2 aliphatic rings. The van der Waals surface area contributed by atoms with Crippen LogP contribution in [-0.4, -0.2) is 51.2 Å². The van der Waals surface area contributed by atoms with Crippen molar-refractivity contribution >= 4 is 23.3 Å². The van der Waals surface area contributed by atoms with E-state index in [1.54, 1.807) is 17.6 Å². The van der Waals surface area contributed by atoms with E-state index in [0.717, 1.165) is 56.8 Å². The number of carbonyl (C=O) groups excluding carboxylic acids is 2. The number of carbonyl (C=O) groups is 2. The molecule has 0 unspecified atom stereocenters. The highest BCUT2D eigenvalue weighted by atomic mass is 16.2. The normalized spacial score (nSPS) is 18.1. The van der Waals surface area contributed by atoms with E-state index in [1.165, 1.54) is 0 Å². The summed E-state index contributed by atoms with van der Waals surface area (Å²) in [5.74, 6) is 0.689. The van der Waals surface area contributed by atoms with Crippen LogP contribution in [0.1, 0.15) is 25.7 Å². The molecule has 8 nitrogen and oxygen atoms in total. The lowest BCUT2D eigenvalue weighted by atomic mass is 9.97. The van der Waals surface area contributed by atoms with Crippen LogP contribution in [0.2, 0.25) is 0 Å². The highest BCUT2D eigenvalue weighted by Gasteiger charge is 2.24. The van der Waals surface area contributed by atoms with Crippen molar-refractivity contribution in [2.24, 2.45) is 5.92 Å². The number of piperidine rings is 1. The Balaban J connectivity index is 1.27. The maximum atomic E-state index is 12.5. The molecule has 1 N–H and O–H groups in total. The van der Waals surface area contributed by atoms with E-state index in [0.29, 0.717) is 12.3 Å². The van der Waals surface area contributed by atoms with Gasteiger partial charge >= 0.3 is 6.03 Å². The van der Waals surface area contributed by atoms with E-state index >= 15 is 0 Å². The van der Waals surface area contributed by atoms with E-state index < -0.39 is 0 Å². The van der Waals surface area contributed by atoms with Crippen molar-refractivity contribution in [1.29, 1.82) is 0 Å². The predicted molar refractivity (Wildman–Crippen MR) is 101 cm³/mol. The Hall–Kier alpha value is -2.90. The lowest BCUT2D eigenvalue weighted by Crippen LogP contribution is -2.41. The highest BCUT2D eigenvalue weighted by Crippen LogP contribution is 2.24. The molecule has 1 aromatic carbocycles. The fraction of sp³-hybridized carbons (Fsp3) is 0.474. The first-order chi connectivity index (χ1) is 13.2. The first kappa shape index (κ1) is 17.5. The Morgan fingerprint density at radius 2 is 1.93 bits per heavy atom. The second-order valence-electron chi connectivity index (χ2n) is 7.17. The number of benzene rings is 1. The van der Waals surface area contributed by atoms with Gasteiger partial charge in [-0.15, -0.1) is 0 Å². The minimum Gasteiger partial charge on any atom is -0.325 e. The third-order valence-electron chi connectivity index (χ3n) is 5.32. The molecule has 2 saturated heterocycles. The number of rotatable bonds is 4. The van der Waals surface area contributed by atoms with Gasteiger partial charge < -0.3 is 15.1 Å². The molecule has 0 aliphatic carbocycles. The van der Waals surface area contributed by atoms with Gasteiger partial charge in [0.15, 0.2) is 0 Å². The molecule has 0 radical (unpaired) electrons. The quantitative estimate of drug-likeness (QED) is 0.898. The Kier molecular flexibility index (Phi) is 5.04. The van der Waals surface area contributed by atoms with Crippen LogP contribution in [0.4, 0.5) is 16.2 Å². The maximum Gasteiger partial charge on any atom is 0.321 e. The molecule has 0 bridgehead atoms. The van der Waals surface area contributed by atoms with Crippen LogP contribution in [0.15, 0.2) is 36.9 Å². The Bertz CT molecular complexity index is 781. The number of nitrogens with one attached hydrogen (secondary N) is 1. The number of amides is 3. The van der Waals surface area contributed by atoms with E-state index in [1.807, 2.05) is 33.8 Å². The van der Waals surface area contributed by atoms with Gasteiger partial charge in [0.1, 0.15) is 12.7 Å². The fourth-order valence-electron chi connectivity index (χ4n) is 3.76. The molecule has 0 atom stereocenters. The molecule has 2 aromatic rings. The molecule has 142 valence electrons. The number of aromatic nitrogens is 3. The Labute approximate surface area is 158 Å². The van der Waals surface area contributed by atoms with Gasteiger partial charge in [0.05, 0.1) is 0 Å². The first-order valence-electron chi connectivity index (χ1n) is 9.48. The van der Waals surface area contributed by atoms with Gasteiger partial charge in [-0.2, -0.15) is 5.10 Å². The number of hydrogen-bond donors (Lipinski definition) is 1. The zero-order chi connectivity index (χ0) is 18.6. The molecule has 27 heavy (non-hydrogen) atoms. The predicted octanol–water partition coefficient (Wildman–Crippen LogP) is 2.35. The summed E-state index contributed by atoms with van der Waals surface area (Å²) in [5, 5.41) is 7.11. The van der Waals surface area contributed by atoms with Crippen LogP contribution in [0.25, 0.3) is 0 Å². The number of likely N-dealkylation sites (tertiary alicyclic amines) is 1. The van der Waals surface area contributed by atoms with E-state index in [4.69, 9.17) is 0 Å². The van der Waals surface area contributed by atoms with Crippen LogP contribution < -0.4 is 10.2 Å². The van der Waals surface area contributed by atoms with E-state index in [2.05, 4.69) is 15.4 Å². The third kappa shape index (κ3) is 4.10. The summed E-state index contributed by atoms with van der Waals surface area (Å²) in [6.45, 7) is 3.11. The zero-order valence-corrected chi connectivity index (χ0v) is 15.3. The lowest BCUT2D eigenvalue weighted by molar-refractivity contribution is -0.117. The fourth-order valence-corrected chi connectivity index (χ4v) is 3.76. The largest absolute Gasteiger partial charge is 0.325 e. The van der Waals surface area contributed by atoms with Crippen molar-refractivity contribution in [3.8, 4) is 0 Å². The monoisotopic (exact) mass is 368 g/mol. The SMILES string of the molecule is O=C(Nc1ccc(N2CCCC2=O)cc1)N1CCC(Cn2cncn2)CC1. The van der Waals surface area contributed by atoms with Gasteiger partial charge in [0.2, 0.25) is 5.91 Å². The minimum absolute atomic E-state index is 0.0702. The molecule has 0 spiro atoms. The summed E-state index contributed by atoms with van der Waals surface area (Å²) in [5.41, 5.74) is 1.64. The zero-order valence-electron chi connectivity index (χ0n) is 15.3. The highest BCUT2D eigenvalue weighted by molar-refractivity contribution is 5.96. The molecule has 1 aromatic heterocycles. The van der Waals surface area contributed by atoms with Gasteiger partial charge in [-0.1, -0.05) is 0 Å². The number of anilines is 2. The molecular formula is C19H24N6O2. The van der Waals surface area contributed by atoms with Crippen LogP contribution >= 0.6 is 0 Å². The molecule has 3 amide bonds.